The molecule has 1 aromatic heterocycles. The number of aromatic nitrogens is 2. The first-order chi connectivity index (χ1) is 8.61. The zero-order chi connectivity index (χ0) is 13.1. The molecule has 18 heavy (non-hydrogen) atoms. The van der Waals surface area contributed by atoms with Crippen molar-refractivity contribution in [2.75, 3.05) is 11.9 Å². The lowest BCUT2D eigenvalue weighted by atomic mass is 10.2. The molecule has 0 saturated heterocycles. The highest BCUT2D eigenvalue weighted by Gasteiger charge is 2.10. The predicted octanol–water partition coefficient (Wildman–Crippen LogP) is 2.73. The van der Waals surface area contributed by atoms with Gasteiger partial charge in [-0.25, -0.2) is 9.97 Å². The number of aryl methyl sites for hydroxylation is 2. The summed E-state index contributed by atoms with van der Waals surface area (Å²) in [7, 11) is 1.90. The van der Waals surface area contributed by atoms with Crippen molar-refractivity contribution in [1.29, 1.82) is 5.26 Å². The molecule has 0 aliphatic carbocycles. The van der Waals surface area contributed by atoms with E-state index in [-0.39, 0.29) is 0 Å². The summed E-state index contributed by atoms with van der Waals surface area (Å²) in [6.45, 7) is 3.89. The molecule has 0 radical (unpaired) electrons. The molecule has 1 aromatic carbocycles. The largest absolute Gasteiger partial charge is 0.313 e. The normalized spacial score (nSPS) is 9.89. The summed E-state index contributed by atoms with van der Waals surface area (Å²) in [6.07, 6.45) is 0. The number of para-hydroxylation sites is 1. The van der Waals surface area contributed by atoms with E-state index in [4.69, 9.17) is 5.26 Å². The summed E-state index contributed by atoms with van der Waals surface area (Å²) in [5, 5.41) is 8.93. The van der Waals surface area contributed by atoms with Crippen LogP contribution in [0.2, 0.25) is 0 Å². The Labute approximate surface area is 107 Å². The summed E-state index contributed by atoms with van der Waals surface area (Å²) < 4.78 is 0. The van der Waals surface area contributed by atoms with Crippen molar-refractivity contribution in [1.82, 2.24) is 9.97 Å². The van der Waals surface area contributed by atoms with Crippen LogP contribution in [-0.2, 0) is 0 Å². The van der Waals surface area contributed by atoms with Crippen LogP contribution in [0.3, 0.4) is 0 Å². The number of hydrogen-bond acceptors (Lipinski definition) is 4. The van der Waals surface area contributed by atoms with E-state index in [1.54, 1.807) is 6.07 Å². The molecular weight excluding hydrogens is 224 g/mol. The lowest BCUT2D eigenvalue weighted by Crippen LogP contribution is -2.15. The smallest absolute Gasteiger partial charge is 0.231 e. The highest BCUT2D eigenvalue weighted by Crippen LogP contribution is 2.23. The molecule has 0 aliphatic heterocycles. The number of hydrogen-bond donors (Lipinski definition) is 0. The van der Waals surface area contributed by atoms with Crippen LogP contribution >= 0.6 is 0 Å². The average molecular weight is 238 g/mol. The Morgan fingerprint density at radius 3 is 2.56 bits per heavy atom. The summed E-state index contributed by atoms with van der Waals surface area (Å²) in [4.78, 5) is 10.5. The lowest BCUT2D eigenvalue weighted by Gasteiger charge is -2.19. The van der Waals surface area contributed by atoms with Gasteiger partial charge in [-0.1, -0.05) is 18.2 Å². The molecule has 0 aliphatic rings. The number of rotatable bonds is 2. The molecule has 4 nitrogen and oxygen atoms in total. The fraction of sp³-hybridized carbons (Fsp3) is 0.214. The van der Waals surface area contributed by atoms with Crippen LogP contribution in [0, 0.1) is 25.2 Å². The van der Waals surface area contributed by atoms with Gasteiger partial charge < -0.3 is 4.90 Å². The molecule has 1 heterocycles. The Bertz CT molecular complexity index is 613. The van der Waals surface area contributed by atoms with Crippen molar-refractivity contribution in [3.8, 4) is 6.07 Å². The summed E-state index contributed by atoms with van der Waals surface area (Å²) in [5.74, 6) is 0.542. The molecular formula is C14H14N4. The zero-order valence-electron chi connectivity index (χ0n) is 10.7. The second kappa shape index (κ2) is 4.84. The van der Waals surface area contributed by atoms with Gasteiger partial charge in [0.25, 0.3) is 0 Å². The Hall–Kier alpha value is -2.41. The molecule has 0 saturated carbocycles. The Kier molecular flexibility index (Phi) is 3.24. The van der Waals surface area contributed by atoms with E-state index >= 15 is 0 Å². The average Bonchev–Trinajstić information content (AvgIpc) is 2.37. The summed E-state index contributed by atoms with van der Waals surface area (Å²) in [5.41, 5.74) is 3.35. The van der Waals surface area contributed by atoms with Crippen LogP contribution < -0.4 is 4.90 Å². The quantitative estimate of drug-likeness (QED) is 0.807. The molecule has 2 aromatic rings. The maximum Gasteiger partial charge on any atom is 0.231 e. The van der Waals surface area contributed by atoms with Crippen LogP contribution in [0.4, 0.5) is 11.6 Å². The third-order valence-corrected chi connectivity index (χ3v) is 2.73. The first-order valence-corrected chi connectivity index (χ1v) is 5.67. The van der Waals surface area contributed by atoms with Crippen molar-refractivity contribution in [2.24, 2.45) is 0 Å². The summed E-state index contributed by atoms with van der Waals surface area (Å²) in [6, 6.07) is 11.7. The minimum Gasteiger partial charge on any atom is -0.313 e. The van der Waals surface area contributed by atoms with Gasteiger partial charge in [0, 0.05) is 18.4 Å². The number of nitrogens with zero attached hydrogens (tertiary/aromatic N) is 4. The minimum atomic E-state index is 0.387. The first kappa shape index (κ1) is 12.1. The Balaban J connectivity index is 2.47. The first-order valence-electron chi connectivity index (χ1n) is 5.67. The second-order valence-corrected chi connectivity index (χ2v) is 4.15. The standard InChI is InChI=1S/C14H14N4/c1-10-6-4-5-7-13(10)18(3)14-16-11(2)8-12(9-15)17-14/h4-8H,1-3H3. The van der Waals surface area contributed by atoms with Crippen LogP contribution in [0.1, 0.15) is 17.0 Å². The van der Waals surface area contributed by atoms with Crippen molar-refractivity contribution in [2.45, 2.75) is 13.8 Å². The van der Waals surface area contributed by atoms with Gasteiger partial charge in [0.15, 0.2) is 0 Å². The summed E-state index contributed by atoms with van der Waals surface area (Å²) >= 11 is 0. The minimum absolute atomic E-state index is 0.387. The van der Waals surface area contributed by atoms with E-state index in [0.717, 1.165) is 16.9 Å². The van der Waals surface area contributed by atoms with Crippen molar-refractivity contribution in [3.05, 3.63) is 47.3 Å². The van der Waals surface area contributed by atoms with Crippen LogP contribution in [-0.4, -0.2) is 17.0 Å². The van der Waals surface area contributed by atoms with E-state index in [9.17, 15) is 0 Å². The fourth-order valence-corrected chi connectivity index (χ4v) is 1.81. The lowest BCUT2D eigenvalue weighted by molar-refractivity contribution is 0.998. The third-order valence-electron chi connectivity index (χ3n) is 2.73. The molecule has 4 heteroatoms. The Morgan fingerprint density at radius 1 is 1.17 bits per heavy atom. The molecule has 0 bridgehead atoms. The van der Waals surface area contributed by atoms with Crippen LogP contribution in [0.15, 0.2) is 30.3 Å². The molecule has 0 fully saturated rings. The van der Waals surface area contributed by atoms with Crippen LogP contribution in [0.25, 0.3) is 0 Å². The van der Waals surface area contributed by atoms with Gasteiger partial charge >= 0.3 is 0 Å². The van der Waals surface area contributed by atoms with Crippen molar-refractivity contribution >= 4 is 11.6 Å². The van der Waals surface area contributed by atoms with E-state index < -0.39 is 0 Å². The van der Waals surface area contributed by atoms with Crippen LogP contribution in [0.5, 0.6) is 0 Å². The predicted molar refractivity (Wildman–Crippen MR) is 70.7 cm³/mol. The Morgan fingerprint density at radius 2 is 1.89 bits per heavy atom. The highest BCUT2D eigenvalue weighted by molar-refractivity contribution is 5.60. The van der Waals surface area contributed by atoms with Crippen molar-refractivity contribution < 1.29 is 0 Å². The second-order valence-electron chi connectivity index (χ2n) is 4.15. The van der Waals surface area contributed by atoms with Gasteiger partial charge in [-0.05, 0) is 31.5 Å². The maximum atomic E-state index is 8.93. The van der Waals surface area contributed by atoms with Gasteiger partial charge in [0.05, 0.1) is 0 Å². The number of anilines is 2. The molecule has 90 valence electrons. The van der Waals surface area contributed by atoms with E-state index in [0.29, 0.717) is 11.6 Å². The monoisotopic (exact) mass is 238 g/mol. The van der Waals surface area contributed by atoms with Crippen molar-refractivity contribution in [3.63, 3.8) is 0 Å². The maximum absolute atomic E-state index is 8.93. The van der Waals surface area contributed by atoms with E-state index in [1.165, 1.54) is 0 Å². The zero-order valence-corrected chi connectivity index (χ0v) is 10.7. The van der Waals surface area contributed by atoms with Gasteiger partial charge in [-0.3, -0.25) is 0 Å². The van der Waals surface area contributed by atoms with E-state index in [2.05, 4.69) is 16.0 Å². The molecule has 0 atom stereocenters. The van der Waals surface area contributed by atoms with Gasteiger partial charge in [0.1, 0.15) is 11.8 Å². The number of nitriles is 1. The topological polar surface area (TPSA) is 52.8 Å². The van der Waals surface area contributed by atoms with Gasteiger partial charge in [-0.15, -0.1) is 0 Å². The SMILES string of the molecule is Cc1cc(C#N)nc(N(C)c2ccccc2C)n1. The molecule has 0 amide bonds. The molecule has 2 rings (SSSR count). The molecule has 0 N–H and O–H groups in total. The third kappa shape index (κ3) is 2.30. The molecule has 0 spiro atoms. The molecule has 0 unspecified atom stereocenters. The van der Waals surface area contributed by atoms with Gasteiger partial charge in [-0.2, -0.15) is 5.26 Å². The number of benzene rings is 1. The fourth-order valence-electron chi connectivity index (χ4n) is 1.81. The van der Waals surface area contributed by atoms with Gasteiger partial charge in [0.2, 0.25) is 5.95 Å². The highest BCUT2D eigenvalue weighted by atomic mass is 15.2. The van der Waals surface area contributed by atoms with E-state index in [1.807, 2.05) is 50.1 Å².